The van der Waals surface area contributed by atoms with Gasteiger partial charge in [0.15, 0.2) is 0 Å². The molecule has 0 aliphatic carbocycles. The molecule has 3 aromatic carbocycles. The Morgan fingerprint density at radius 3 is 2.29 bits per heavy atom. The zero-order valence-electron chi connectivity index (χ0n) is 15.7. The molecule has 0 radical (unpaired) electrons. The van der Waals surface area contributed by atoms with Crippen molar-refractivity contribution in [2.75, 3.05) is 5.32 Å². The Bertz CT molecular complexity index is 1160. The number of nitrogens with one attached hydrogen (secondary N) is 1. The Balaban J connectivity index is 1.83. The smallest absolute Gasteiger partial charge is 0.256 e. The summed E-state index contributed by atoms with van der Waals surface area (Å²) in [7, 11) is 0. The fourth-order valence-corrected chi connectivity index (χ4v) is 3.59. The third-order valence-electron chi connectivity index (χ3n) is 4.82. The van der Waals surface area contributed by atoms with Crippen molar-refractivity contribution >= 4 is 38.4 Å². The molecule has 0 bridgehead atoms. The van der Waals surface area contributed by atoms with Crippen LogP contribution in [0.15, 0.2) is 77.3 Å². The molecule has 0 atom stereocenters. The maximum Gasteiger partial charge on any atom is 0.256 e. The molecule has 4 rings (SSSR count). The standard InChI is InChI=1S/C24H19BrN2O/c1-15-6-5-7-16(2)23(15)27-24(28)20-14-22(17-10-12-18(25)13-11-17)26-21-9-4-3-8-19(20)21/h3-14H,1-2H3,(H,27,28). The largest absolute Gasteiger partial charge is 0.321 e. The van der Waals surface area contributed by atoms with Crippen LogP contribution in [0.5, 0.6) is 0 Å². The van der Waals surface area contributed by atoms with E-state index < -0.39 is 0 Å². The summed E-state index contributed by atoms with van der Waals surface area (Å²) in [6.07, 6.45) is 0. The van der Waals surface area contributed by atoms with Crippen molar-refractivity contribution in [3.63, 3.8) is 0 Å². The van der Waals surface area contributed by atoms with Gasteiger partial charge in [0.25, 0.3) is 5.91 Å². The van der Waals surface area contributed by atoms with E-state index in [9.17, 15) is 4.79 Å². The number of amides is 1. The van der Waals surface area contributed by atoms with E-state index in [0.717, 1.165) is 43.4 Å². The lowest BCUT2D eigenvalue weighted by Gasteiger charge is -2.14. The van der Waals surface area contributed by atoms with Crippen LogP contribution < -0.4 is 5.32 Å². The van der Waals surface area contributed by atoms with E-state index >= 15 is 0 Å². The summed E-state index contributed by atoms with van der Waals surface area (Å²) in [6.45, 7) is 4.00. The first kappa shape index (κ1) is 18.4. The molecule has 0 saturated carbocycles. The van der Waals surface area contributed by atoms with Crippen LogP contribution in [-0.2, 0) is 0 Å². The van der Waals surface area contributed by atoms with Crippen molar-refractivity contribution in [3.05, 3.63) is 94.0 Å². The van der Waals surface area contributed by atoms with Crippen molar-refractivity contribution in [2.24, 2.45) is 0 Å². The highest BCUT2D eigenvalue weighted by atomic mass is 79.9. The third-order valence-corrected chi connectivity index (χ3v) is 5.35. The van der Waals surface area contributed by atoms with Gasteiger partial charge in [0.2, 0.25) is 0 Å². The molecule has 0 fully saturated rings. The zero-order valence-corrected chi connectivity index (χ0v) is 17.2. The Hall–Kier alpha value is -2.98. The molecule has 1 aromatic heterocycles. The molecule has 28 heavy (non-hydrogen) atoms. The molecule has 0 aliphatic heterocycles. The third kappa shape index (κ3) is 3.56. The van der Waals surface area contributed by atoms with E-state index in [-0.39, 0.29) is 5.91 Å². The summed E-state index contributed by atoms with van der Waals surface area (Å²) in [5.74, 6) is -0.130. The highest BCUT2D eigenvalue weighted by Crippen LogP contribution is 2.27. The number of halogens is 1. The van der Waals surface area contributed by atoms with Gasteiger partial charge in [0.05, 0.1) is 16.8 Å². The predicted molar refractivity (Wildman–Crippen MR) is 119 cm³/mol. The summed E-state index contributed by atoms with van der Waals surface area (Å²) in [6, 6.07) is 23.5. The van der Waals surface area contributed by atoms with Crippen LogP contribution in [0.2, 0.25) is 0 Å². The van der Waals surface area contributed by atoms with Crippen LogP contribution in [0, 0.1) is 13.8 Å². The number of nitrogens with zero attached hydrogens (tertiary/aromatic N) is 1. The van der Waals surface area contributed by atoms with Gasteiger partial charge in [0.1, 0.15) is 0 Å². The van der Waals surface area contributed by atoms with Crippen molar-refractivity contribution in [3.8, 4) is 11.3 Å². The lowest BCUT2D eigenvalue weighted by Crippen LogP contribution is -2.14. The zero-order chi connectivity index (χ0) is 19.7. The first-order chi connectivity index (χ1) is 13.5. The average Bonchev–Trinajstić information content (AvgIpc) is 2.70. The second-order valence-electron chi connectivity index (χ2n) is 6.80. The molecule has 0 aliphatic rings. The van der Waals surface area contributed by atoms with Crippen molar-refractivity contribution < 1.29 is 4.79 Å². The van der Waals surface area contributed by atoms with Gasteiger partial charge in [-0.1, -0.05) is 64.5 Å². The number of fused-ring (bicyclic) bond motifs is 1. The minimum atomic E-state index is -0.130. The second kappa shape index (κ2) is 7.56. The number of carbonyl (C=O) groups is 1. The lowest BCUT2D eigenvalue weighted by atomic mass is 10.0. The maximum atomic E-state index is 13.2. The first-order valence-corrected chi connectivity index (χ1v) is 9.85. The molecule has 1 heterocycles. The molecule has 0 saturated heterocycles. The van der Waals surface area contributed by atoms with Crippen LogP contribution in [0.1, 0.15) is 21.5 Å². The van der Waals surface area contributed by atoms with E-state index in [1.54, 1.807) is 0 Å². The summed E-state index contributed by atoms with van der Waals surface area (Å²) in [5.41, 5.74) is 6.10. The Morgan fingerprint density at radius 1 is 0.893 bits per heavy atom. The number of pyridine rings is 1. The highest BCUT2D eigenvalue weighted by molar-refractivity contribution is 9.10. The lowest BCUT2D eigenvalue weighted by molar-refractivity contribution is 0.102. The molecule has 4 aromatic rings. The maximum absolute atomic E-state index is 13.2. The molecular formula is C24H19BrN2O. The van der Waals surface area contributed by atoms with Crippen LogP contribution in [0.25, 0.3) is 22.2 Å². The van der Waals surface area contributed by atoms with Crippen LogP contribution in [0.3, 0.4) is 0 Å². The fraction of sp³-hybridized carbons (Fsp3) is 0.0833. The summed E-state index contributed by atoms with van der Waals surface area (Å²) >= 11 is 3.46. The van der Waals surface area contributed by atoms with E-state index in [1.165, 1.54) is 0 Å². The van der Waals surface area contributed by atoms with Gasteiger partial charge in [-0.3, -0.25) is 4.79 Å². The van der Waals surface area contributed by atoms with Gasteiger partial charge in [-0.25, -0.2) is 4.98 Å². The van der Waals surface area contributed by atoms with Crippen molar-refractivity contribution in [1.29, 1.82) is 0 Å². The van der Waals surface area contributed by atoms with E-state index in [2.05, 4.69) is 21.2 Å². The Morgan fingerprint density at radius 2 is 1.57 bits per heavy atom. The van der Waals surface area contributed by atoms with Crippen LogP contribution >= 0.6 is 15.9 Å². The van der Waals surface area contributed by atoms with E-state index in [0.29, 0.717) is 5.56 Å². The summed E-state index contributed by atoms with van der Waals surface area (Å²) in [4.78, 5) is 18.0. The van der Waals surface area contributed by atoms with Crippen molar-refractivity contribution in [1.82, 2.24) is 4.98 Å². The van der Waals surface area contributed by atoms with Gasteiger partial charge in [-0.2, -0.15) is 0 Å². The summed E-state index contributed by atoms with van der Waals surface area (Å²) in [5, 5.41) is 3.94. The normalized spacial score (nSPS) is 10.8. The average molecular weight is 431 g/mol. The number of hydrogen-bond donors (Lipinski definition) is 1. The van der Waals surface area contributed by atoms with Gasteiger partial charge >= 0.3 is 0 Å². The number of aromatic nitrogens is 1. The van der Waals surface area contributed by atoms with Crippen molar-refractivity contribution in [2.45, 2.75) is 13.8 Å². The Kier molecular flexibility index (Phi) is 4.97. The molecule has 0 spiro atoms. The monoisotopic (exact) mass is 430 g/mol. The Labute approximate surface area is 172 Å². The number of aryl methyl sites for hydroxylation is 2. The quantitative estimate of drug-likeness (QED) is 0.401. The number of benzene rings is 3. The minimum Gasteiger partial charge on any atom is -0.321 e. The molecule has 138 valence electrons. The van der Waals surface area contributed by atoms with E-state index in [4.69, 9.17) is 4.98 Å². The molecule has 0 unspecified atom stereocenters. The minimum absolute atomic E-state index is 0.130. The summed E-state index contributed by atoms with van der Waals surface area (Å²) < 4.78 is 1.00. The fourth-order valence-electron chi connectivity index (χ4n) is 3.32. The molecular weight excluding hydrogens is 412 g/mol. The van der Waals surface area contributed by atoms with Crippen LogP contribution in [-0.4, -0.2) is 10.9 Å². The van der Waals surface area contributed by atoms with Gasteiger partial charge in [-0.05, 0) is 49.2 Å². The van der Waals surface area contributed by atoms with E-state index in [1.807, 2.05) is 86.6 Å². The predicted octanol–water partition coefficient (Wildman–Crippen LogP) is 6.53. The van der Waals surface area contributed by atoms with Gasteiger partial charge in [0, 0.05) is 21.1 Å². The number of para-hydroxylation sites is 2. The first-order valence-electron chi connectivity index (χ1n) is 9.06. The molecule has 1 amide bonds. The SMILES string of the molecule is Cc1cccc(C)c1NC(=O)c1cc(-c2ccc(Br)cc2)nc2ccccc12. The topological polar surface area (TPSA) is 42.0 Å². The van der Waals surface area contributed by atoms with Crippen LogP contribution in [0.4, 0.5) is 5.69 Å². The van der Waals surface area contributed by atoms with Gasteiger partial charge < -0.3 is 5.32 Å². The second-order valence-corrected chi connectivity index (χ2v) is 7.72. The number of hydrogen-bond acceptors (Lipinski definition) is 2. The molecule has 3 nitrogen and oxygen atoms in total. The highest BCUT2D eigenvalue weighted by Gasteiger charge is 2.15. The number of carbonyl (C=O) groups excluding carboxylic acids is 1. The number of rotatable bonds is 3. The van der Waals surface area contributed by atoms with Gasteiger partial charge in [-0.15, -0.1) is 0 Å². The molecule has 1 N–H and O–H groups in total. The number of anilines is 1. The molecule has 4 heteroatoms.